The first-order valence-electron chi connectivity index (χ1n) is 5.63. The van der Waals surface area contributed by atoms with Crippen molar-refractivity contribution in [3.8, 4) is 0 Å². The van der Waals surface area contributed by atoms with Crippen molar-refractivity contribution in [1.29, 1.82) is 0 Å². The minimum absolute atomic E-state index is 0.0838. The van der Waals surface area contributed by atoms with Crippen LogP contribution in [0, 0.1) is 0 Å². The molecular weight excluding hydrogens is 242 g/mol. The van der Waals surface area contributed by atoms with Crippen LogP contribution in [-0.4, -0.2) is 59.2 Å². The molecule has 98 valence electrons. The van der Waals surface area contributed by atoms with Crippen molar-refractivity contribution >= 4 is 23.6 Å². The molecule has 0 saturated carbocycles. The van der Waals surface area contributed by atoms with Crippen molar-refractivity contribution in [1.82, 2.24) is 4.90 Å². The van der Waals surface area contributed by atoms with E-state index in [2.05, 4.69) is 0 Å². The number of hydrogen-bond acceptors (Lipinski definition) is 4. The molecule has 0 aromatic rings. The molecule has 1 aliphatic heterocycles. The summed E-state index contributed by atoms with van der Waals surface area (Å²) in [5, 5.41) is 8.82. The molecule has 1 amide bonds. The molecule has 17 heavy (non-hydrogen) atoms. The summed E-state index contributed by atoms with van der Waals surface area (Å²) in [7, 11) is 1.54. The number of rotatable bonds is 6. The molecule has 5 nitrogen and oxygen atoms in total. The number of aliphatic carboxylic acids is 1. The van der Waals surface area contributed by atoms with Crippen LogP contribution in [0.1, 0.15) is 19.8 Å². The molecular formula is C11H19NO4S. The average Bonchev–Trinajstić information content (AvgIpc) is 2.71. The summed E-state index contributed by atoms with van der Waals surface area (Å²) in [6.07, 6.45) is 1.83. The van der Waals surface area contributed by atoms with Crippen molar-refractivity contribution in [2.45, 2.75) is 24.5 Å². The van der Waals surface area contributed by atoms with E-state index in [0.717, 1.165) is 18.6 Å². The molecule has 1 rings (SSSR count). The zero-order valence-corrected chi connectivity index (χ0v) is 11.1. The third kappa shape index (κ3) is 3.89. The third-order valence-electron chi connectivity index (χ3n) is 2.85. The minimum atomic E-state index is -0.985. The Morgan fingerprint density at radius 2 is 2.24 bits per heavy atom. The monoisotopic (exact) mass is 261 g/mol. The van der Waals surface area contributed by atoms with Crippen LogP contribution in [0.25, 0.3) is 0 Å². The number of hydrogen-bond donors (Lipinski definition) is 1. The predicted molar refractivity (Wildman–Crippen MR) is 66.2 cm³/mol. The van der Waals surface area contributed by atoms with E-state index >= 15 is 0 Å². The Morgan fingerprint density at radius 3 is 2.71 bits per heavy atom. The molecule has 0 aromatic carbocycles. The van der Waals surface area contributed by atoms with Gasteiger partial charge in [0.05, 0.1) is 11.4 Å². The first kappa shape index (κ1) is 14.3. The molecule has 1 unspecified atom stereocenters. The number of thioether (sulfide) groups is 1. The number of nitrogens with zero attached hydrogens (tertiary/aromatic N) is 1. The maximum atomic E-state index is 12.3. The lowest BCUT2D eigenvalue weighted by atomic mass is 10.0. The van der Waals surface area contributed by atoms with E-state index in [0.29, 0.717) is 13.2 Å². The Hall–Kier alpha value is -0.750. The first-order valence-corrected chi connectivity index (χ1v) is 6.62. The summed E-state index contributed by atoms with van der Waals surface area (Å²) in [4.78, 5) is 24.4. The van der Waals surface area contributed by atoms with E-state index in [1.165, 1.54) is 12.0 Å². The molecule has 1 atom stereocenters. The van der Waals surface area contributed by atoms with E-state index in [1.807, 2.05) is 6.92 Å². The summed E-state index contributed by atoms with van der Waals surface area (Å²) in [6, 6.07) is 0. The van der Waals surface area contributed by atoms with Gasteiger partial charge in [-0.15, -0.1) is 11.8 Å². The number of methoxy groups -OCH3 is 1. The molecule has 1 aliphatic rings. The van der Waals surface area contributed by atoms with Crippen LogP contribution in [0.15, 0.2) is 0 Å². The number of ether oxygens (including phenoxy) is 1. The van der Waals surface area contributed by atoms with Crippen molar-refractivity contribution in [2.24, 2.45) is 0 Å². The summed E-state index contributed by atoms with van der Waals surface area (Å²) in [6.45, 7) is 2.34. The summed E-state index contributed by atoms with van der Waals surface area (Å²) in [5.41, 5.74) is 0. The number of amides is 1. The number of carboxylic acids is 1. The van der Waals surface area contributed by atoms with E-state index in [1.54, 1.807) is 11.8 Å². The standard InChI is InChI=1S/C11H19NO4S/c1-11(4-3-7-17-11)10(15)12(5-6-16-2)8-9(13)14/h3-8H2,1-2H3,(H,13,14). The summed E-state index contributed by atoms with van der Waals surface area (Å²) >= 11 is 1.62. The fourth-order valence-electron chi connectivity index (χ4n) is 1.90. The van der Waals surface area contributed by atoms with Crippen molar-refractivity contribution < 1.29 is 19.4 Å². The highest BCUT2D eigenvalue weighted by Gasteiger charge is 2.40. The topological polar surface area (TPSA) is 66.8 Å². The van der Waals surface area contributed by atoms with Gasteiger partial charge in [0, 0.05) is 13.7 Å². The third-order valence-corrected chi connectivity index (χ3v) is 4.36. The van der Waals surface area contributed by atoms with Gasteiger partial charge in [0.1, 0.15) is 6.54 Å². The molecule has 1 fully saturated rings. The highest BCUT2D eigenvalue weighted by Crippen LogP contribution is 2.39. The van der Waals surface area contributed by atoms with E-state index in [4.69, 9.17) is 9.84 Å². The van der Waals surface area contributed by atoms with E-state index < -0.39 is 10.7 Å². The van der Waals surface area contributed by atoms with Crippen LogP contribution in [0.2, 0.25) is 0 Å². The van der Waals surface area contributed by atoms with Crippen LogP contribution < -0.4 is 0 Å². The fourth-order valence-corrected chi connectivity index (χ4v) is 3.18. The van der Waals surface area contributed by atoms with Gasteiger partial charge >= 0.3 is 5.97 Å². The van der Waals surface area contributed by atoms with Gasteiger partial charge in [-0.3, -0.25) is 9.59 Å². The van der Waals surface area contributed by atoms with Gasteiger partial charge < -0.3 is 14.7 Å². The molecule has 0 spiro atoms. The minimum Gasteiger partial charge on any atom is -0.480 e. The average molecular weight is 261 g/mol. The van der Waals surface area contributed by atoms with Crippen LogP contribution in [0.5, 0.6) is 0 Å². The molecule has 0 aliphatic carbocycles. The van der Waals surface area contributed by atoms with Crippen molar-refractivity contribution in [3.63, 3.8) is 0 Å². The van der Waals surface area contributed by atoms with Gasteiger partial charge in [0.15, 0.2) is 0 Å². The van der Waals surface area contributed by atoms with Crippen molar-refractivity contribution in [2.75, 3.05) is 32.6 Å². The zero-order chi connectivity index (χ0) is 12.9. The summed E-state index contributed by atoms with van der Waals surface area (Å²) in [5.74, 6) is -0.103. The molecule has 1 heterocycles. The smallest absolute Gasteiger partial charge is 0.323 e. The van der Waals surface area contributed by atoms with Gasteiger partial charge in [0.25, 0.3) is 0 Å². The van der Waals surface area contributed by atoms with E-state index in [9.17, 15) is 9.59 Å². The number of carbonyl (C=O) groups excluding carboxylic acids is 1. The SMILES string of the molecule is COCCN(CC(=O)O)C(=O)C1(C)CCCS1. The van der Waals surface area contributed by atoms with Gasteiger partial charge in [-0.25, -0.2) is 0 Å². The second kappa shape index (κ2) is 6.26. The molecule has 1 N–H and O–H groups in total. The van der Waals surface area contributed by atoms with Gasteiger partial charge in [-0.1, -0.05) is 0 Å². The summed E-state index contributed by atoms with van der Waals surface area (Å²) < 4.78 is 4.45. The highest BCUT2D eigenvalue weighted by atomic mass is 32.2. The van der Waals surface area contributed by atoms with Gasteiger partial charge in [-0.05, 0) is 25.5 Å². The maximum absolute atomic E-state index is 12.3. The van der Waals surface area contributed by atoms with Crippen molar-refractivity contribution in [3.05, 3.63) is 0 Å². The quantitative estimate of drug-likeness (QED) is 0.767. The van der Waals surface area contributed by atoms with Crippen LogP contribution in [-0.2, 0) is 14.3 Å². The molecule has 1 saturated heterocycles. The second-order valence-corrected chi connectivity index (χ2v) is 5.89. The number of carboxylic acid groups (broad SMARTS) is 1. The number of carbonyl (C=O) groups is 2. The van der Waals surface area contributed by atoms with Crippen LogP contribution >= 0.6 is 11.8 Å². The van der Waals surface area contributed by atoms with Crippen LogP contribution in [0.4, 0.5) is 0 Å². The molecule has 0 bridgehead atoms. The Labute approximate surface area is 105 Å². The largest absolute Gasteiger partial charge is 0.480 e. The Bertz CT molecular complexity index is 289. The normalized spacial score (nSPS) is 23.6. The lowest BCUT2D eigenvalue weighted by molar-refractivity contribution is -0.145. The second-order valence-electron chi connectivity index (χ2n) is 4.30. The lowest BCUT2D eigenvalue weighted by Gasteiger charge is -2.29. The molecule has 0 radical (unpaired) electrons. The Kier molecular flexibility index (Phi) is 5.27. The van der Waals surface area contributed by atoms with Crippen LogP contribution in [0.3, 0.4) is 0 Å². The Balaban J connectivity index is 2.67. The fraction of sp³-hybridized carbons (Fsp3) is 0.818. The maximum Gasteiger partial charge on any atom is 0.323 e. The van der Waals surface area contributed by atoms with Gasteiger partial charge in [0.2, 0.25) is 5.91 Å². The van der Waals surface area contributed by atoms with E-state index in [-0.39, 0.29) is 12.5 Å². The predicted octanol–water partition coefficient (Wildman–Crippen LogP) is 0.832. The Morgan fingerprint density at radius 1 is 1.53 bits per heavy atom. The lowest BCUT2D eigenvalue weighted by Crippen LogP contribution is -2.47. The van der Waals surface area contributed by atoms with Gasteiger partial charge in [-0.2, -0.15) is 0 Å². The molecule has 0 aromatic heterocycles. The molecule has 6 heteroatoms. The first-order chi connectivity index (χ1) is 7.99. The highest BCUT2D eigenvalue weighted by molar-refractivity contribution is 8.01. The zero-order valence-electron chi connectivity index (χ0n) is 10.3.